The number of carbonyl (C=O) groups is 3. The first-order valence-electron chi connectivity index (χ1n) is 6.56. The molecule has 0 aromatic rings. The smallest absolute Gasteiger partial charge is 0.343 e. The van der Waals surface area contributed by atoms with Gasteiger partial charge >= 0.3 is 11.9 Å². The summed E-state index contributed by atoms with van der Waals surface area (Å²) >= 11 is 2.98. The van der Waals surface area contributed by atoms with Gasteiger partial charge in [0, 0.05) is 13.3 Å². The Morgan fingerprint density at radius 1 is 1.05 bits per heavy atom. The van der Waals surface area contributed by atoms with Crippen molar-refractivity contribution < 1.29 is 23.9 Å². The van der Waals surface area contributed by atoms with E-state index in [-0.39, 0.29) is 24.2 Å². The number of hydrogen-bond acceptors (Lipinski definition) is 7. The average molecular weight is 337 g/mol. The average Bonchev–Trinajstić information content (AvgIpc) is 2.43. The summed E-state index contributed by atoms with van der Waals surface area (Å²) in [6.07, 6.45) is 3.85. The van der Waals surface area contributed by atoms with E-state index < -0.39 is 23.4 Å². The van der Waals surface area contributed by atoms with Crippen LogP contribution in [0.4, 0.5) is 0 Å². The van der Waals surface area contributed by atoms with Crippen LogP contribution >= 0.6 is 23.5 Å². The van der Waals surface area contributed by atoms with Gasteiger partial charge in [0.1, 0.15) is 0 Å². The van der Waals surface area contributed by atoms with E-state index >= 15 is 0 Å². The van der Waals surface area contributed by atoms with Gasteiger partial charge in [0.05, 0.1) is 17.8 Å². The van der Waals surface area contributed by atoms with Crippen LogP contribution in [0.25, 0.3) is 0 Å². The molecule has 0 heterocycles. The number of hydrogen-bond donors (Lipinski definition) is 1. The molecular weight excluding hydrogens is 314 g/mol. The predicted molar refractivity (Wildman–Crippen MR) is 85.2 cm³/mol. The lowest BCUT2D eigenvalue weighted by Crippen LogP contribution is -2.62. The van der Waals surface area contributed by atoms with E-state index in [0.717, 1.165) is 0 Å². The lowest BCUT2D eigenvalue weighted by molar-refractivity contribution is -0.168. The third-order valence-electron chi connectivity index (χ3n) is 2.64. The van der Waals surface area contributed by atoms with Gasteiger partial charge in [0.2, 0.25) is 11.4 Å². The molecule has 0 aromatic carbocycles. The van der Waals surface area contributed by atoms with Gasteiger partial charge in [-0.25, -0.2) is 9.59 Å². The second-order valence-electron chi connectivity index (χ2n) is 4.13. The molecular formula is C13H23NO5S2. The topological polar surface area (TPSA) is 81.7 Å². The van der Waals surface area contributed by atoms with E-state index in [1.807, 2.05) is 12.5 Å². The molecule has 0 saturated heterocycles. The minimum absolute atomic E-state index is 0.0642. The quantitative estimate of drug-likeness (QED) is 0.387. The molecule has 0 aliphatic carbocycles. The standard InChI is InChI=1S/C13H23NO5S2/c1-6-18-11(16)13(14-9(3)15,12(17)19-7-2)8-10(20-4)21-5/h10H,6-8H2,1-5H3,(H,14,15). The number of esters is 2. The fraction of sp³-hybridized carbons (Fsp3) is 0.769. The molecule has 0 spiro atoms. The fourth-order valence-electron chi connectivity index (χ4n) is 1.73. The predicted octanol–water partition coefficient (Wildman–Crippen LogP) is 1.43. The molecule has 21 heavy (non-hydrogen) atoms. The summed E-state index contributed by atoms with van der Waals surface area (Å²) in [7, 11) is 0. The monoisotopic (exact) mass is 337 g/mol. The lowest BCUT2D eigenvalue weighted by Gasteiger charge is -2.31. The normalized spacial score (nSPS) is 11.1. The molecule has 0 radical (unpaired) electrons. The van der Waals surface area contributed by atoms with Gasteiger partial charge in [-0.1, -0.05) is 0 Å². The van der Waals surface area contributed by atoms with Crippen LogP contribution in [0, 0.1) is 0 Å². The van der Waals surface area contributed by atoms with E-state index in [2.05, 4.69) is 5.32 Å². The molecule has 0 saturated carbocycles. The van der Waals surface area contributed by atoms with Crippen LogP contribution in [0.5, 0.6) is 0 Å². The number of carbonyl (C=O) groups excluding carboxylic acids is 3. The Kier molecular flexibility index (Phi) is 9.52. The van der Waals surface area contributed by atoms with Crippen LogP contribution < -0.4 is 5.32 Å². The summed E-state index contributed by atoms with van der Waals surface area (Å²) in [5.74, 6) is -2.06. The summed E-state index contributed by atoms with van der Waals surface area (Å²) in [6, 6.07) is 0. The largest absolute Gasteiger partial charge is 0.464 e. The zero-order valence-corrected chi connectivity index (χ0v) is 14.7. The number of thioether (sulfide) groups is 2. The van der Waals surface area contributed by atoms with Crippen molar-refractivity contribution in [3.05, 3.63) is 0 Å². The molecule has 0 rings (SSSR count). The van der Waals surface area contributed by atoms with Crippen LogP contribution in [-0.4, -0.2) is 53.7 Å². The van der Waals surface area contributed by atoms with Crippen LogP contribution in [0.15, 0.2) is 0 Å². The Hall–Kier alpha value is -0.890. The Bertz CT molecular complexity index is 354. The maximum absolute atomic E-state index is 12.3. The lowest BCUT2D eigenvalue weighted by atomic mass is 9.95. The van der Waals surface area contributed by atoms with Crippen LogP contribution in [0.2, 0.25) is 0 Å². The summed E-state index contributed by atoms with van der Waals surface area (Å²) < 4.78 is 9.92. The van der Waals surface area contributed by atoms with Crippen LogP contribution in [-0.2, 0) is 23.9 Å². The second kappa shape index (κ2) is 9.94. The minimum Gasteiger partial charge on any atom is -0.464 e. The fourth-order valence-corrected chi connectivity index (χ4v) is 3.33. The summed E-state index contributed by atoms with van der Waals surface area (Å²) in [5, 5.41) is 2.45. The van der Waals surface area contributed by atoms with Crippen molar-refractivity contribution in [1.82, 2.24) is 5.32 Å². The van der Waals surface area contributed by atoms with Crippen LogP contribution in [0.1, 0.15) is 27.2 Å². The minimum atomic E-state index is -1.80. The van der Waals surface area contributed by atoms with Crippen molar-refractivity contribution in [3.8, 4) is 0 Å². The van der Waals surface area contributed by atoms with Gasteiger partial charge in [-0.2, -0.15) is 23.5 Å². The molecule has 0 bridgehead atoms. The van der Waals surface area contributed by atoms with E-state index in [0.29, 0.717) is 0 Å². The highest BCUT2D eigenvalue weighted by Gasteiger charge is 2.51. The zero-order valence-electron chi connectivity index (χ0n) is 13.1. The van der Waals surface area contributed by atoms with Crippen molar-refractivity contribution in [2.75, 3.05) is 25.7 Å². The summed E-state index contributed by atoms with van der Waals surface area (Å²) in [5.41, 5.74) is -1.80. The molecule has 1 N–H and O–H groups in total. The van der Waals surface area contributed by atoms with Gasteiger partial charge in [0.25, 0.3) is 0 Å². The van der Waals surface area contributed by atoms with E-state index in [1.165, 1.54) is 30.4 Å². The third-order valence-corrected chi connectivity index (χ3v) is 5.18. The molecule has 0 unspecified atom stereocenters. The maximum atomic E-state index is 12.3. The van der Waals surface area contributed by atoms with Crippen molar-refractivity contribution in [3.63, 3.8) is 0 Å². The van der Waals surface area contributed by atoms with Gasteiger partial charge in [-0.3, -0.25) is 4.79 Å². The number of ether oxygens (including phenoxy) is 2. The molecule has 1 amide bonds. The van der Waals surface area contributed by atoms with Gasteiger partial charge < -0.3 is 14.8 Å². The van der Waals surface area contributed by atoms with Crippen LogP contribution in [0.3, 0.4) is 0 Å². The Balaban J connectivity index is 5.63. The molecule has 0 atom stereocenters. The highest BCUT2D eigenvalue weighted by molar-refractivity contribution is 8.16. The summed E-state index contributed by atoms with van der Waals surface area (Å²) in [6.45, 7) is 4.76. The first-order valence-corrected chi connectivity index (χ1v) is 9.14. The molecule has 0 aliphatic rings. The maximum Gasteiger partial charge on any atom is 0.343 e. The van der Waals surface area contributed by atoms with Gasteiger partial charge in [0.15, 0.2) is 0 Å². The van der Waals surface area contributed by atoms with Crippen molar-refractivity contribution in [2.45, 2.75) is 37.3 Å². The first-order chi connectivity index (χ1) is 9.87. The molecule has 6 nitrogen and oxygen atoms in total. The molecule has 122 valence electrons. The second-order valence-corrected chi connectivity index (χ2v) is 6.51. The molecule has 8 heteroatoms. The highest BCUT2D eigenvalue weighted by atomic mass is 32.2. The van der Waals surface area contributed by atoms with E-state index in [9.17, 15) is 14.4 Å². The third kappa shape index (κ3) is 5.78. The SMILES string of the molecule is CCOC(=O)C(CC(SC)SC)(NC(C)=O)C(=O)OCC. The van der Waals surface area contributed by atoms with Gasteiger partial charge in [-0.05, 0) is 26.4 Å². The van der Waals surface area contributed by atoms with Gasteiger partial charge in [-0.15, -0.1) is 0 Å². The zero-order chi connectivity index (χ0) is 16.5. The molecule has 0 aromatic heterocycles. The molecule has 0 aliphatic heterocycles. The van der Waals surface area contributed by atoms with Crippen molar-refractivity contribution in [1.29, 1.82) is 0 Å². The Morgan fingerprint density at radius 3 is 1.76 bits per heavy atom. The Labute approximate surface area is 134 Å². The molecule has 0 fully saturated rings. The van der Waals surface area contributed by atoms with Crippen molar-refractivity contribution in [2.24, 2.45) is 0 Å². The first kappa shape index (κ1) is 20.1. The number of amides is 1. The summed E-state index contributed by atoms with van der Waals surface area (Å²) in [4.78, 5) is 36.2. The number of rotatable bonds is 9. The van der Waals surface area contributed by atoms with Crippen molar-refractivity contribution >= 4 is 41.4 Å². The van der Waals surface area contributed by atoms with E-state index in [1.54, 1.807) is 13.8 Å². The number of nitrogens with one attached hydrogen (secondary N) is 1. The highest BCUT2D eigenvalue weighted by Crippen LogP contribution is 2.30. The van der Waals surface area contributed by atoms with E-state index in [4.69, 9.17) is 9.47 Å². The Morgan fingerprint density at radius 2 is 1.48 bits per heavy atom.